The molecule has 184 valence electrons. The highest BCUT2D eigenvalue weighted by molar-refractivity contribution is 7.94. The van der Waals surface area contributed by atoms with Gasteiger partial charge in [-0.15, -0.1) is 14.6 Å². The van der Waals surface area contributed by atoms with Crippen LogP contribution in [-0.2, 0) is 19.5 Å². The molecule has 0 aliphatic rings. The molecule has 0 radical (unpaired) electrons. The number of aryl methyl sites for hydroxylation is 1. The highest BCUT2D eigenvalue weighted by Gasteiger charge is 2.20. The third kappa shape index (κ3) is 4.56. The molecule has 4 N–H and O–H groups in total. The summed E-state index contributed by atoms with van der Waals surface area (Å²) in [5.74, 6) is 0.196. The van der Waals surface area contributed by atoms with E-state index in [0.717, 1.165) is 16.7 Å². The number of hydrogen-bond acceptors (Lipinski definition) is 12. The van der Waals surface area contributed by atoms with Gasteiger partial charge >= 0.3 is 0 Å². The van der Waals surface area contributed by atoms with Gasteiger partial charge in [-0.2, -0.15) is 13.5 Å². The number of azo groups is 1. The van der Waals surface area contributed by atoms with Crippen molar-refractivity contribution in [3.8, 4) is 5.69 Å². The number of hydrogen-bond donors (Lipinski definition) is 3. The summed E-state index contributed by atoms with van der Waals surface area (Å²) in [6.45, 7) is 1.72. The van der Waals surface area contributed by atoms with E-state index in [1.165, 1.54) is 28.2 Å². The Morgan fingerprint density at radius 1 is 1.11 bits per heavy atom. The third-order valence-electron chi connectivity index (χ3n) is 5.17. The van der Waals surface area contributed by atoms with Gasteiger partial charge in [-0.05, 0) is 37.3 Å². The monoisotopic (exact) mass is 544 g/mol. The van der Waals surface area contributed by atoms with E-state index in [4.69, 9.17) is 11.0 Å². The fraction of sp³-hybridized carbons (Fsp3) is 0.0476. The average Bonchev–Trinajstić information content (AvgIpc) is 3.39. The average molecular weight is 545 g/mol. The van der Waals surface area contributed by atoms with Gasteiger partial charge in [-0.25, -0.2) is 14.9 Å². The second-order valence-electron chi connectivity index (χ2n) is 7.39. The van der Waals surface area contributed by atoms with Crippen LogP contribution in [0.3, 0.4) is 0 Å². The molecule has 0 aliphatic heterocycles. The quantitative estimate of drug-likeness (QED) is 0.0767. The number of anilines is 1. The highest BCUT2D eigenvalue weighted by Crippen LogP contribution is 2.36. The predicted molar refractivity (Wildman–Crippen MR) is 134 cm³/mol. The molecule has 5 aromatic rings. The summed E-state index contributed by atoms with van der Waals surface area (Å²) in [4.78, 5) is 4.89. The van der Waals surface area contributed by atoms with Crippen molar-refractivity contribution in [3.05, 3.63) is 60.3 Å². The number of nitrogens with zero attached hydrogens (tertiary/aromatic N) is 5. The zero-order chi connectivity index (χ0) is 25.4. The van der Waals surface area contributed by atoms with E-state index in [1.54, 1.807) is 43.3 Å². The highest BCUT2D eigenvalue weighted by atomic mass is 32.2. The van der Waals surface area contributed by atoms with Crippen LogP contribution >= 0.6 is 23.4 Å². The lowest BCUT2D eigenvalue weighted by Gasteiger charge is -2.11. The van der Waals surface area contributed by atoms with E-state index < -0.39 is 10.1 Å². The summed E-state index contributed by atoms with van der Waals surface area (Å²) in [6, 6.07) is 14.9. The molecule has 0 aliphatic carbocycles. The zero-order valence-electron chi connectivity index (χ0n) is 18.3. The van der Waals surface area contributed by atoms with E-state index in [2.05, 4.69) is 29.7 Å². The van der Waals surface area contributed by atoms with Gasteiger partial charge in [0.25, 0.3) is 10.1 Å². The van der Waals surface area contributed by atoms with Crippen LogP contribution in [0.4, 0.5) is 16.6 Å². The molecule has 3 aromatic carbocycles. The lowest BCUT2D eigenvalue weighted by molar-refractivity contribution is -0.432. The number of aromatic nitrogens is 3. The Labute approximate surface area is 211 Å². The fourth-order valence-corrected chi connectivity index (χ4v) is 5.50. The van der Waals surface area contributed by atoms with Gasteiger partial charge in [0, 0.05) is 15.7 Å². The van der Waals surface area contributed by atoms with Crippen molar-refractivity contribution in [3.63, 3.8) is 0 Å². The van der Waals surface area contributed by atoms with Crippen molar-refractivity contribution in [2.75, 3.05) is 5.73 Å². The van der Waals surface area contributed by atoms with E-state index >= 15 is 0 Å². The van der Waals surface area contributed by atoms with Crippen LogP contribution < -0.4 is 5.73 Å². The minimum absolute atomic E-state index is 0.196. The summed E-state index contributed by atoms with van der Waals surface area (Å²) < 4.78 is 40.0. The molecule has 5 rings (SSSR count). The Morgan fingerprint density at radius 2 is 1.89 bits per heavy atom. The van der Waals surface area contributed by atoms with E-state index in [0.29, 0.717) is 43.4 Å². The van der Waals surface area contributed by atoms with Crippen molar-refractivity contribution in [1.29, 1.82) is 0 Å². The second-order valence-corrected chi connectivity index (χ2v) is 10.6. The molecule has 0 spiro atoms. The Morgan fingerprint density at radius 3 is 2.64 bits per heavy atom. The molecule has 0 saturated heterocycles. The maximum absolute atomic E-state index is 11.8. The molecular weight excluding hydrogens is 528 g/mol. The number of thiazole rings is 1. The summed E-state index contributed by atoms with van der Waals surface area (Å²) in [5, 5.41) is 26.1. The molecular formula is C21H16N6O6S3. The Balaban J connectivity index is 1.52. The second kappa shape index (κ2) is 9.55. The van der Waals surface area contributed by atoms with Gasteiger partial charge in [0.05, 0.1) is 33.6 Å². The minimum Gasteiger partial charge on any atom is -0.382 e. The molecule has 0 fully saturated rings. The summed E-state index contributed by atoms with van der Waals surface area (Å²) in [7, 11) is -4.43. The molecule has 36 heavy (non-hydrogen) atoms. The topological polar surface area (TPSA) is 175 Å². The lowest BCUT2D eigenvalue weighted by atomic mass is 10.1. The van der Waals surface area contributed by atoms with Crippen LogP contribution in [0.25, 0.3) is 26.7 Å². The fourth-order valence-electron chi connectivity index (χ4n) is 3.65. The number of benzene rings is 3. The van der Waals surface area contributed by atoms with E-state index in [-0.39, 0.29) is 10.7 Å². The maximum atomic E-state index is 11.8. The van der Waals surface area contributed by atoms with Crippen LogP contribution in [0.5, 0.6) is 0 Å². The van der Waals surface area contributed by atoms with Gasteiger partial charge < -0.3 is 5.73 Å². The number of fused-ring (bicyclic) bond motifs is 2. The SMILES string of the molecule is Cc1nn(-c2ccc(S(=O)(=O)O)c3ccccc23)c(N)c1/N=N/c1nc2cc(SOOO)ccc2s1. The molecule has 2 aromatic heterocycles. The van der Waals surface area contributed by atoms with Gasteiger partial charge in [0.2, 0.25) is 5.13 Å². The molecule has 0 saturated carbocycles. The zero-order valence-corrected chi connectivity index (χ0v) is 20.7. The van der Waals surface area contributed by atoms with Crippen molar-refractivity contribution in [1.82, 2.24) is 14.8 Å². The predicted octanol–water partition coefficient (Wildman–Crippen LogP) is 5.62. The smallest absolute Gasteiger partial charge is 0.295 e. The van der Waals surface area contributed by atoms with Crippen LogP contribution in [0, 0.1) is 6.92 Å². The van der Waals surface area contributed by atoms with Crippen molar-refractivity contribution >= 4 is 71.1 Å². The molecule has 12 nitrogen and oxygen atoms in total. The summed E-state index contributed by atoms with van der Waals surface area (Å²) in [6.07, 6.45) is 0. The molecule has 0 amide bonds. The Kier molecular flexibility index (Phi) is 6.44. The van der Waals surface area contributed by atoms with Gasteiger partial charge in [0.15, 0.2) is 11.5 Å². The summed E-state index contributed by atoms with van der Waals surface area (Å²) >= 11 is 2.14. The van der Waals surface area contributed by atoms with E-state index in [9.17, 15) is 13.0 Å². The lowest BCUT2D eigenvalue weighted by Crippen LogP contribution is -2.05. The number of nitrogen functional groups attached to an aromatic ring is 1. The minimum atomic E-state index is -4.43. The number of nitrogens with two attached hydrogens (primary N) is 1. The van der Waals surface area contributed by atoms with Crippen LogP contribution in [0.2, 0.25) is 0 Å². The molecule has 0 bridgehead atoms. The Bertz CT molecular complexity index is 1750. The first-order valence-corrected chi connectivity index (χ1v) is 13.1. The van der Waals surface area contributed by atoms with Crippen LogP contribution in [0.1, 0.15) is 5.69 Å². The van der Waals surface area contributed by atoms with Crippen molar-refractivity contribution in [2.45, 2.75) is 16.7 Å². The van der Waals surface area contributed by atoms with Gasteiger partial charge in [-0.3, -0.25) is 4.55 Å². The first-order valence-electron chi connectivity index (χ1n) is 10.1. The Hall–Kier alpha value is -3.44. The summed E-state index contributed by atoms with van der Waals surface area (Å²) in [5.41, 5.74) is 8.38. The standard InChI is InChI=1S/C21H16N6O6S3/c1-11-19(24-25-21-23-15-10-12(35-33-32-28)6-8-17(15)34-21)20(22)27(26-11)16-7-9-18(36(29,30)31)14-5-3-2-4-13(14)16/h2-10,28H,22H2,1H3,(H,29,30,31)/b25-24+. The normalized spacial score (nSPS) is 12.3. The molecule has 2 heterocycles. The maximum Gasteiger partial charge on any atom is 0.295 e. The van der Waals surface area contributed by atoms with Gasteiger partial charge in [-0.1, -0.05) is 40.6 Å². The molecule has 0 unspecified atom stereocenters. The number of rotatable bonds is 7. The van der Waals surface area contributed by atoms with Crippen LogP contribution in [-0.4, -0.2) is 33.0 Å². The van der Waals surface area contributed by atoms with Crippen molar-refractivity contribution in [2.24, 2.45) is 10.2 Å². The molecule has 15 heteroatoms. The first-order chi connectivity index (χ1) is 17.3. The van der Waals surface area contributed by atoms with E-state index in [1.807, 2.05) is 6.07 Å². The van der Waals surface area contributed by atoms with Crippen molar-refractivity contribution < 1.29 is 27.6 Å². The largest absolute Gasteiger partial charge is 0.382 e. The molecule has 0 atom stereocenters. The first kappa shape index (κ1) is 24.3. The van der Waals surface area contributed by atoms with Gasteiger partial charge in [0.1, 0.15) is 4.90 Å². The van der Waals surface area contributed by atoms with Crippen LogP contribution in [0.15, 0.2) is 74.6 Å². The third-order valence-corrected chi connectivity index (χ3v) is 7.58.